The van der Waals surface area contributed by atoms with Crippen LogP contribution in [0.25, 0.3) is 28.1 Å². The molecule has 5 aromatic rings. The Hall–Kier alpha value is -4.66. The van der Waals surface area contributed by atoms with Gasteiger partial charge in [-0.3, -0.25) is 9.59 Å². The number of fused-ring (bicyclic) bond motifs is 4. The Bertz CT molecular complexity index is 1640. The molecule has 3 aromatic carbocycles. The summed E-state index contributed by atoms with van der Waals surface area (Å²) in [7, 11) is 0. The molecule has 0 fully saturated rings. The number of amides is 1. The summed E-state index contributed by atoms with van der Waals surface area (Å²) in [4.78, 5) is 30.7. The fraction of sp³-hybridized carbons (Fsp3) is 0.0800. The summed E-state index contributed by atoms with van der Waals surface area (Å²) in [6, 6.07) is 19.6. The highest BCUT2D eigenvalue weighted by molar-refractivity contribution is 5.93. The van der Waals surface area contributed by atoms with Gasteiger partial charge in [0.15, 0.2) is 11.5 Å². The van der Waals surface area contributed by atoms with Crippen molar-refractivity contribution >= 4 is 28.4 Å². The largest absolute Gasteiger partial charge is 0.454 e. The van der Waals surface area contributed by atoms with E-state index in [0.717, 1.165) is 0 Å². The van der Waals surface area contributed by atoms with Gasteiger partial charge < -0.3 is 19.4 Å². The summed E-state index contributed by atoms with van der Waals surface area (Å²) < 4.78 is 27.2. The Kier molecular flexibility index (Phi) is 4.54. The van der Waals surface area contributed by atoms with Crippen LogP contribution in [0.5, 0.6) is 11.5 Å². The molecule has 0 aliphatic carbocycles. The summed E-state index contributed by atoms with van der Waals surface area (Å²) in [5, 5.41) is 2.85. The lowest BCUT2D eigenvalue weighted by molar-refractivity contribution is -0.116. The van der Waals surface area contributed by atoms with Gasteiger partial charge in [0.05, 0.1) is 16.7 Å². The number of anilines is 1. The molecule has 1 amide bonds. The smallest absolute Gasteiger partial charge is 0.260 e. The third-order valence-electron chi connectivity index (χ3n) is 5.65. The molecule has 1 aliphatic heterocycles. The molecule has 8 nitrogen and oxygen atoms in total. The molecule has 0 bridgehead atoms. The number of para-hydroxylation sites is 2. The minimum Gasteiger partial charge on any atom is -0.454 e. The van der Waals surface area contributed by atoms with E-state index >= 15 is 0 Å². The SMILES string of the molecule is O=C(Cn1c2ccccc2n2c(=O)cc(-c3ccc(F)cc3)nc12)Nc1ccc2c(c1)OCO2. The molecule has 3 heterocycles. The van der Waals surface area contributed by atoms with Gasteiger partial charge in [0.2, 0.25) is 18.5 Å². The third-order valence-corrected chi connectivity index (χ3v) is 5.65. The van der Waals surface area contributed by atoms with Crippen LogP contribution in [-0.4, -0.2) is 26.7 Å². The lowest BCUT2D eigenvalue weighted by Crippen LogP contribution is -2.20. The van der Waals surface area contributed by atoms with Crippen LogP contribution in [0.4, 0.5) is 10.1 Å². The van der Waals surface area contributed by atoms with Gasteiger partial charge in [-0.15, -0.1) is 0 Å². The standard InChI is InChI=1S/C25H17FN4O4/c26-16-7-5-15(6-8-16)18-12-24(32)30-20-4-2-1-3-19(20)29(25(30)28-18)13-23(31)27-17-9-10-21-22(11-17)34-14-33-21/h1-12H,13-14H2,(H,27,31). The minimum absolute atomic E-state index is 0.0786. The molecule has 6 rings (SSSR count). The summed E-state index contributed by atoms with van der Waals surface area (Å²) in [5.74, 6) is 0.817. The fourth-order valence-electron chi connectivity index (χ4n) is 4.11. The molecule has 0 unspecified atom stereocenters. The average Bonchev–Trinajstić information content (AvgIpc) is 3.42. The number of ether oxygens (including phenoxy) is 2. The maximum atomic E-state index is 13.4. The van der Waals surface area contributed by atoms with Crippen molar-refractivity contribution in [1.82, 2.24) is 14.0 Å². The molecule has 1 N–H and O–H groups in total. The quantitative estimate of drug-likeness (QED) is 0.444. The zero-order valence-electron chi connectivity index (χ0n) is 17.7. The molecule has 9 heteroatoms. The zero-order chi connectivity index (χ0) is 23.2. The van der Waals surface area contributed by atoms with E-state index in [1.165, 1.54) is 22.6 Å². The molecular formula is C25H17FN4O4. The van der Waals surface area contributed by atoms with Crippen LogP contribution in [0.1, 0.15) is 0 Å². The van der Waals surface area contributed by atoms with Gasteiger partial charge in [-0.05, 0) is 48.5 Å². The highest BCUT2D eigenvalue weighted by Crippen LogP contribution is 2.34. The van der Waals surface area contributed by atoms with Crippen molar-refractivity contribution in [3.63, 3.8) is 0 Å². The number of hydrogen-bond acceptors (Lipinski definition) is 5. The number of carbonyl (C=O) groups excluding carboxylic acids is 1. The third kappa shape index (κ3) is 3.34. The van der Waals surface area contributed by atoms with E-state index in [4.69, 9.17) is 9.47 Å². The van der Waals surface area contributed by atoms with Crippen molar-refractivity contribution in [1.29, 1.82) is 0 Å². The Balaban J connectivity index is 1.42. The molecule has 0 spiro atoms. The Labute approximate surface area is 191 Å². The molecule has 2 aromatic heterocycles. The molecule has 0 saturated carbocycles. The average molecular weight is 456 g/mol. The number of carbonyl (C=O) groups is 1. The number of hydrogen-bond donors (Lipinski definition) is 1. The number of benzene rings is 3. The van der Waals surface area contributed by atoms with Crippen LogP contribution in [0.2, 0.25) is 0 Å². The van der Waals surface area contributed by atoms with E-state index in [-0.39, 0.29) is 30.6 Å². The van der Waals surface area contributed by atoms with E-state index in [1.54, 1.807) is 41.0 Å². The Morgan fingerprint density at radius 2 is 1.74 bits per heavy atom. The van der Waals surface area contributed by atoms with Gasteiger partial charge in [0, 0.05) is 23.4 Å². The van der Waals surface area contributed by atoms with Crippen LogP contribution < -0.4 is 20.3 Å². The minimum atomic E-state index is -0.379. The van der Waals surface area contributed by atoms with Crippen molar-refractivity contribution in [2.24, 2.45) is 0 Å². The van der Waals surface area contributed by atoms with Crippen LogP contribution in [0, 0.1) is 5.82 Å². The second-order valence-electron chi connectivity index (χ2n) is 7.81. The van der Waals surface area contributed by atoms with E-state index in [9.17, 15) is 14.0 Å². The van der Waals surface area contributed by atoms with Crippen molar-refractivity contribution < 1.29 is 18.7 Å². The van der Waals surface area contributed by atoms with Gasteiger partial charge in [0.25, 0.3) is 5.56 Å². The van der Waals surface area contributed by atoms with Crippen molar-refractivity contribution in [3.05, 3.63) is 89.0 Å². The highest BCUT2D eigenvalue weighted by Gasteiger charge is 2.18. The van der Waals surface area contributed by atoms with Crippen LogP contribution in [0.3, 0.4) is 0 Å². The van der Waals surface area contributed by atoms with Gasteiger partial charge in [0.1, 0.15) is 12.4 Å². The summed E-state index contributed by atoms with van der Waals surface area (Å²) in [5.41, 5.74) is 2.58. The number of nitrogens with zero attached hydrogens (tertiary/aromatic N) is 3. The summed E-state index contributed by atoms with van der Waals surface area (Å²) >= 11 is 0. The van der Waals surface area contributed by atoms with Gasteiger partial charge in [-0.1, -0.05) is 12.1 Å². The van der Waals surface area contributed by atoms with Crippen LogP contribution >= 0.6 is 0 Å². The molecule has 1 aliphatic rings. The van der Waals surface area contributed by atoms with Gasteiger partial charge >= 0.3 is 0 Å². The van der Waals surface area contributed by atoms with Crippen LogP contribution in [0.15, 0.2) is 77.6 Å². The number of aromatic nitrogens is 3. The first kappa shape index (κ1) is 20.0. The highest BCUT2D eigenvalue weighted by atomic mass is 19.1. The van der Waals surface area contributed by atoms with E-state index in [1.807, 2.05) is 18.2 Å². The summed E-state index contributed by atoms with van der Waals surface area (Å²) in [6.45, 7) is 0.0651. The Morgan fingerprint density at radius 1 is 0.971 bits per heavy atom. The number of rotatable bonds is 4. The molecule has 0 saturated heterocycles. The molecule has 0 radical (unpaired) electrons. The predicted molar refractivity (Wildman–Crippen MR) is 124 cm³/mol. The van der Waals surface area contributed by atoms with E-state index < -0.39 is 0 Å². The fourth-order valence-corrected chi connectivity index (χ4v) is 4.11. The maximum absolute atomic E-state index is 13.4. The van der Waals surface area contributed by atoms with Crippen molar-refractivity contribution in [3.8, 4) is 22.8 Å². The van der Waals surface area contributed by atoms with Crippen LogP contribution in [-0.2, 0) is 11.3 Å². The summed E-state index contributed by atoms with van der Waals surface area (Å²) in [6.07, 6.45) is 0. The number of nitrogens with one attached hydrogen (secondary N) is 1. The van der Waals surface area contributed by atoms with Gasteiger partial charge in [-0.2, -0.15) is 0 Å². The van der Waals surface area contributed by atoms with E-state index in [0.29, 0.717) is 45.3 Å². The lowest BCUT2D eigenvalue weighted by Gasteiger charge is -2.09. The number of halogens is 1. The molecule has 168 valence electrons. The molecule has 0 atom stereocenters. The second-order valence-corrected chi connectivity index (χ2v) is 7.81. The monoisotopic (exact) mass is 456 g/mol. The second kappa shape index (κ2) is 7.73. The number of imidazole rings is 1. The maximum Gasteiger partial charge on any atom is 0.260 e. The zero-order valence-corrected chi connectivity index (χ0v) is 17.7. The topological polar surface area (TPSA) is 86.9 Å². The first-order valence-corrected chi connectivity index (χ1v) is 10.5. The first-order chi connectivity index (χ1) is 16.6. The lowest BCUT2D eigenvalue weighted by atomic mass is 10.1. The molecule has 34 heavy (non-hydrogen) atoms. The predicted octanol–water partition coefficient (Wildman–Crippen LogP) is 3.82. The van der Waals surface area contributed by atoms with E-state index in [2.05, 4.69) is 10.3 Å². The normalized spacial score (nSPS) is 12.4. The van der Waals surface area contributed by atoms with Crippen molar-refractivity contribution in [2.75, 3.05) is 12.1 Å². The van der Waals surface area contributed by atoms with Gasteiger partial charge in [-0.25, -0.2) is 13.8 Å². The Morgan fingerprint density at radius 3 is 2.56 bits per heavy atom. The van der Waals surface area contributed by atoms with Crippen molar-refractivity contribution in [2.45, 2.75) is 6.54 Å². The first-order valence-electron chi connectivity index (χ1n) is 10.5. The molecular weight excluding hydrogens is 439 g/mol.